The lowest BCUT2D eigenvalue weighted by Crippen LogP contribution is -2.11. The van der Waals surface area contributed by atoms with Gasteiger partial charge in [-0.05, 0) is 32.0 Å². The molecular weight excluding hydrogens is 218 g/mol. The van der Waals surface area contributed by atoms with Crippen molar-refractivity contribution < 1.29 is 14.3 Å². The maximum atomic E-state index is 11.6. The Bertz CT molecular complexity index is 583. The molecule has 0 unspecified atom stereocenters. The number of fused-ring (bicyclic) bond motifs is 1. The first-order chi connectivity index (χ1) is 8.06. The van der Waals surface area contributed by atoms with Gasteiger partial charge in [0, 0.05) is 10.9 Å². The summed E-state index contributed by atoms with van der Waals surface area (Å²) in [7, 11) is 0. The summed E-state index contributed by atoms with van der Waals surface area (Å²) in [5.74, 6) is -0.681. The zero-order valence-corrected chi connectivity index (χ0v) is 9.74. The number of esters is 1. The molecule has 17 heavy (non-hydrogen) atoms. The number of aryl methyl sites for hydroxylation is 1. The molecule has 1 N–H and O–H groups in total. The molecule has 0 aliphatic heterocycles. The number of aromatic amines is 1. The van der Waals surface area contributed by atoms with Gasteiger partial charge in [-0.25, -0.2) is 4.79 Å². The lowest BCUT2D eigenvalue weighted by atomic mass is 10.2. The van der Waals surface area contributed by atoms with Crippen molar-refractivity contribution >= 4 is 22.7 Å². The van der Waals surface area contributed by atoms with Crippen LogP contribution < -0.4 is 0 Å². The van der Waals surface area contributed by atoms with Crippen LogP contribution >= 0.6 is 0 Å². The van der Waals surface area contributed by atoms with E-state index in [4.69, 9.17) is 4.74 Å². The Kier molecular flexibility index (Phi) is 2.95. The van der Waals surface area contributed by atoms with E-state index in [1.54, 1.807) is 6.07 Å². The van der Waals surface area contributed by atoms with Crippen LogP contribution in [0.4, 0.5) is 0 Å². The predicted molar refractivity (Wildman–Crippen MR) is 64.0 cm³/mol. The molecule has 4 nitrogen and oxygen atoms in total. The number of hydrogen-bond acceptors (Lipinski definition) is 3. The summed E-state index contributed by atoms with van der Waals surface area (Å²) < 4.78 is 4.83. The van der Waals surface area contributed by atoms with Crippen LogP contribution in [0.5, 0.6) is 0 Å². The van der Waals surface area contributed by atoms with E-state index in [2.05, 4.69) is 4.98 Å². The lowest BCUT2D eigenvalue weighted by molar-refractivity contribution is -0.120. The third kappa shape index (κ3) is 2.53. The first-order valence-electron chi connectivity index (χ1n) is 5.32. The van der Waals surface area contributed by atoms with Gasteiger partial charge in [0.05, 0.1) is 0 Å². The van der Waals surface area contributed by atoms with E-state index in [0.29, 0.717) is 5.69 Å². The van der Waals surface area contributed by atoms with E-state index in [-0.39, 0.29) is 12.4 Å². The number of rotatable bonds is 3. The molecule has 88 valence electrons. The molecule has 0 radical (unpaired) electrons. The molecular formula is C13H13NO3. The molecule has 0 bridgehead atoms. The maximum Gasteiger partial charge on any atom is 0.355 e. The van der Waals surface area contributed by atoms with Crippen LogP contribution in [-0.2, 0) is 9.53 Å². The normalized spacial score (nSPS) is 10.5. The highest BCUT2D eigenvalue weighted by atomic mass is 16.5. The summed E-state index contributed by atoms with van der Waals surface area (Å²) in [5, 5.41) is 0.958. The van der Waals surface area contributed by atoms with Crippen molar-refractivity contribution in [2.24, 2.45) is 0 Å². The number of carbonyl (C=O) groups excluding carboxylic acids is 2. The minimum atomic E-state index is -0.506. The second kappa shape index (κ2) is 4.41. The fourth-order valence-corrected chi connectivity index (χ4v) is 1.61. The van der Waals surface area contributed by atoms with E-state index in [0.717, 1.165) is 16.5 Å². The van der Waals surface area contributed by atoms with E-state index in [1.807, 2.05) is 25.1 Å². The van der Waals surface area contributed by atoms with Gasteiger partial charge in [0.15, 0.2) is 5.78 Å². The first kappa shape index (κ1) is 11.4. The van der Waals surface area contributed by atoms with Gasteiger partial charge in [0.2, 0.25) is 0 Å². The quantitative estimate of drug-likeness (QED) is 0.824. The Morgan fingerprint density at radius 3 is 2.76 bits per heavy atom. The minimum absolute atomic E-state index is 0.176. The molecule has 0 saturated heterocycles. The Morgan fingerprint density at radius 1 is 1.29 bits per heavy atom. The summed E-state index contributed by atoms with van der Waals surface area (Å²) in [6.45, 7) is 3.18. The number of carbonyl (C=O) groups is 2. The summed E-state index contributed by atoms with van der Waals surface area (Å²) in [4.78, 5) is 25.3. The van der Waals surface area contributed by atoms with E-state index in [9.17, 15) is 9.59 Å². The van der Waals surface area contributed by atoms with Crippen molar-refractivity contribution in [1.29, 1.82) is 0 Å². The summed E-state index contributed by atoms with van der Waals surface area (Å²) in [5.41, 5.74) is 2.37. The lowest BCUT2D eigenvalue weighted by Gasteiger charge is -1.98. The molecule has 2 rings (SSSR count). The largest absolute Gasteiger partial charge is 0.453 e. The number of ether oxygens (including phenoxy) is 1. The number of Topliss-reactive ketones (excluding diaryl/α,β-unsaturated/α-hetero) is 1. The summed E-state index contributed by atoms with van der Waals surface area (Å²) in [6, 6.07) is 7.58. The molecule has 2 aromatic rings. The van der Waals surface area contributed by atoms with E-state index < -0.39 is 5.97 Å². The van der Waals surface area contributed by atoms with Gasteiger partial charge in [-0.1, -0.05) is 11.6 Å². The van der Waals surface area contributed by atoms with Crippen LogP contribution in [0.15, 0.2) is 24.3 Å². The summed E-state index contributed by atoms with van der Waals surface area (Å²) in [6.07, 6.45) is 0. The van der Waals surface area contributed by atoms with E-state index in [1.165, 1.54) is 6.92 Å². The highest BCUT2D eigenvalue weighted by Gasteiger charge is 2.11. The molecule has 0 saturated carbocycles. The fraction of sp³-hybridized carbons (Fsp3) is 0.231. The second-order valence-electron chi connectivity index (χ2n) is 4.05. The van der Waals surface area contributed by atoms with Crippen LogP contribution in [0.1, 0.15) is 23.0 Å². The van der Waals surface area contributed by atoms with Gasteiger partial charge in [-0.3, -0.25) is 4.79 Å². The van der Waals surface area contributed by atoms with Gasteiger partial charge in [-0.15, -0.1) is 0 Å². The number of hydrogen-bond donors (Lipinski definition) is 1. The molecule has 1 aromatic heterocycles. The Hall–Kier alpha value is -2.10. The molecule has 0 aliphatic carbocycles. The van der Waals surface area contributed by atoms with Crippen LogP contribution in [0, 0.1) is 6.92 Å². The Labute approximate surface area is 98.6 Å². The van der Waals surface area contributed by atoms with Gasteiger partial charge >= 0.3 is 5.97 Å². The average Bonchev–Trinajstić information content (AvgIpc) is 2.68. The minimum Gasteiger partial charge on any atom is -0.453 e. The van der Waals surface area contributed by atoms with Gasteiger partial charge < -0.3 is 9.72 Å². The van der Waals surface area contributed by atoms with Crippen LogP contribution in [-0.4, -0.2) is 23.3 Å². The molecule has 4 heteroatoms. The molecule has 1 aromatic carbocycles. The predicted octanol–water partition coefficient (Wildman–Crippen LogP) is 2.22. The maximum absolute atomic E-state index is 11.6. The number of ketones is 1. The third-order valence-corrected chi connectivity index (χ3v) is 2.40. The van der Waals surface area contributed by atoms with Crippen molar-refractivity contribution in [3.8, 4) is 0 Å². The molecule has 0 spiro atoms. The van der Waals surface area contributed by atoms with Crippen LogP contribution in [0.3, 0.4) is 0 Å². The van der Waals surface area contributed by atoms with Gasteiger partial charge in [0.1, 0.15) is 12.3 Å². The summed E-state index contributed by atoms with van der Waals surface area (Å²) >= 11 is 0. The second-order valence-corrected chi connectivity index (χ2v) is 4.05. The van der Waals surface area contributed by atoms with E-state index >= 15 is 0 Å². The fourth-order valence-electron chi connectivity index (χ4n) is 1.61. The number of aromatic nitrogens is 1. The van der Waals surface area contributed by atoms with Crippen molar-refractivity contribution in [1.82, 2.24) is 4.98 Å². The van der Waals surface area contributed by atoms with Crippen molar-refractivity contribution in [2.75, 3.05) is 6.61 Å². The Balaban J connectivity index is 2.24. The average molecular weight is 231 g/mol. The highest BCUT2D eigenvalue weighted by molar-refractivity contribution is 5.95. The standard InChI is InChI=1S/C13H13NO3/c1-8-3-4-11-10(5-8)6-12(14-11)13(16)17-7-9(2)15/h3-6,14H,7H2,1-2H3. The molecule has 0 atom stereocenters. The highest BCUT2D eigenvalue weighted by Crippen LogP contribution is 2.17. The van der Waals surface area contributed by atoms with Crippen molar-refractivity contribution in [3.63, 3.8) is 0 Å². The third-order valence-electron chi connectivity index (χ3n) is 2.40. The topological polar surface area (TPSA) is 59.2 Å². The van der Waals surface area contributed by atoms with Gasteiger partial charge in [-0.2, -0.15) is 0 Å². The van der Waals surface area contributed by atoms with Crippen molar-refractivity contribution in [2.45, 2.75) is 13.8 Å². The zero-order chi connectivity index (χ0) is 12.4. The van der Waals surface area contributed by atoms with Crippen LogP contribution in [0.2, 0.25) is 0 Å². The molecule has 0 amide bonds. The zero-order valence-electron chi connectivity index (χ0n) is 9.74. The number of benzene rings is 1. The SMILES string of the molecule is CC(=O)COC(=O)c1cc2cc(C)ccc2[nH]1. The molecule has 1 heterocycles. The van der Waals surface area contributed by atoms with Crippen LogP contribution in [0.25, 0.3) is 10.9 Å². The monoisotopic (exact) mass is 231 g/mol. The first-order valence-corrected chi connectivity index (χ1v) is 5.32. The molecule has 0 fully saturated rings. The van der Waals surface area contributed by atoms with Gasteiger partial charge in [0.25, 0.3) is 0 Å². The van der Waals surface area contributed by atoms with Crippen molar-refractivity contribution in [3.05, 3.63) is 35.5 Å². The molecule has 0 aliphatic rings. The smallest absolute Gasteiger partial charge is 0.355 e. The number of nitrogens with one attached hydrogen (secondary N) is 1. The Morgan fingerprint density at radius 2 is 2.06 bits per heavy atom. The number of H-pyrrole nitrogens is 1.